The molecule has 0 atom stereocenters. The number of thiophene rings is 1. The van der Waals surface area contributed by atoms with Crippen molar-refractivity contribution in [1.29, 1.82) is 0 Å². The number of carbonyl (C=O) groups excluding carboxylic acids is 1. The lowest BCUT2D eigenvalue weighted by atomic mass is 10.1. The van der Waals surface area contributed by atoms with Crippen LogP contribution in [0.5, 0.6) is 0 Å². The molecular formula is C21H20N4OS. The minimum Gasteiger partial charge on any atom is -0.311 e. The Kier molecular flexibility index (Phi) is 4.28. The van der Waals surface area contributed by atoms with Crippen molar-refractivity contribution < 1.29 is 4.79 Å². The third-order valence-electron chi connectivity index (χ3n) is 4.70. The highest BCUT2D eigenvalue weighted by molar-refractivity contribution is 7.13. The molecule has 0 aliphatic rings. The third-order valence-corrected chi connectivity index (χ3v) is 5.59. The van der Waals surface area contributed by atoms with Crippen molar-refractivity contribution in [2.45, 2.75) is 13.8 Å². The van der Waals surface area contributed by atoms with Gasteiger partial charge in [-0.25, -0.2) is 4.98 Å². The second-order valence-electron chi connectivity index (χ2n) is 6.64. The van der Waals surface area contributed by atoms with Crippen molar-refractivity contribution in [1.82, 2.24) is 14.8 Å². The van der Waals surface area contributed by atoms with E-state index in [9.17, 15) is 4.79 Å². The lowest BCUT2D eigenvalue weighted by Crippen LogP contribution is -2.26. The Bertz CT molecular complexity index is 1130. The first-order valence-electron chi connectivity index (χ1n) is 8.68. The van der Waals surface area contributed by atoms with Gasteiger partial charge in [-0.15, -0.1) is 11.3 Å². The van der Waals surface area contributed by atoms with E-state index in [1.807, 2.05) is 68.7 Å². The van der Waals surface area contributed by atoms with Crippen molar-refractivity contribution in [2.24, 2.45) is 7.05 Å². The molecule has 0 N–H and O–H groups in total. The zero-order valence-electron chi connectivity index (χ0n) is 15.7. The van der Waals surface area contributed by atoms with E-state index in [2.05, 4.69) is 5.10 Å². The summed E-state index contributed by atoms with van der Waals surface area (Å²) in [6.45, 7) is 3.95. The molecule has 0 spiro atoms. The zero-order valence-corrected chi connectivity index (χ0v) is 16.5. The minimum atomic E-state index is -0.0693. The van der Waals surface area contributed by atoms with Crippen LogP contribution in [0.4, 0.5) is 5.69 Å². The summed E-state index contributed by atoms with van der Waals surface area (Å²) < 4.78 is 1.74. The molecule has 0 radical (unpaired) electrons. The number of benzene rings is 1. The number of aryl methyl sites for hydroxylation is 3. The van der Waals surface area contributed by atoms with Crippen LogP contribution in [0, 0.1) is 13.8 Å². The maximum atomic E-state index is 13.4. The van der Waals surface area contributed by atoms with Gasteiger partial charge in [0, 0.05) is 19.8 Å². The number of pyridine rings is 1. The smallest absolute Gasteiger partial charge is 0.258 e. The highest BCUT2D eigenvalue weighted by atomic mass is 32.1. The first-order valence-corrected chi connectivity index (χ1v) is 9.56. The number of hydrogen-bond donors (Lipinski definition) is 0. The molecule has 0 unspecified atom stereocenters. The van der Waals surface area contributed by atoms with Gasteiger partial charge in [-0.3, -0.25) is 9.48 Å². The molecule has 1 amide bonds. The first kappa shape index (κ1) is 17.4. The highest BCUT2D eigenvalue weighted by Gasteiger charge is 2.22. The molecule has 6 heteroatoms. The zero-order chi connectivity index (χ0) is 19.1. The fourth-order valence-corrected chi connectivity index (χ4v) is 3.92. The molecule has 0 bridgehead atoms. The molecule has 3 heterocycles. The molecule has 4 aromatic rings. The number of carbonyl (C=O) groups is 1. The van der Waals surface area contributed by atoms with Crippen LogP contribution in [0.1, 0.15) is 21.6 Å². The molecule has 1 aromatic carbocycles. The second kappa shape index (κ2) is 6.63. The van der Waals surface area contributed by atoms with Gasteiger partial charge < -0.3 is 4.90 Å². The summed E-state index contributed by atoms with van der Waals surface area (Å²) in [6, 6.07) is 13.8. The number of nitrogens with zero attached hydrogens (tertiary/aromatic N) is 4. The van der Waals surface area contributed by atoms with E-state index in [1.54, 1.807) is 28.0 Å². The maximum Gasteiger partial charge on any atom is 0.258 e. The Morgan fingerprint density at radius 1 is 1.15 bits per heavy atom. The van der Waals surface area contributed by atoms with Crippen molar-refractivity contribution in [3.63, 3.8) is 0 Å². The van der Waals surface area contributed by atoms with Crippen molar-refractivity contribution in [2.75, 3.05) is 11.9 Å². The number of hydrogen-bond acceptors (Lipinski definition) is 4. The monoisotopic (exact) mass is 376 g/mol. The van der Waals surface area contributed by atoms with Gasteiger partial charge in [0.1, 0.15) is 0 Å². The number of rotatable bonds is 3. The molecule has 4 rings (SSSR count). The van der Waals surface area contributed by atoms with Gasteiger partial charge in [-0.1, -0.05) is 23.8 Å². The standard InChI is InChI=1S/C21H20N4OS/c1-13-7-9-15(10-8-13)24(3)21(26)16-12-17(18-6-5-11-27-18)22-20-19(16)14(2)23-25(20)4/h5-12H,1-4H3. The third kappa shape index (κ3) is 3.02. The van der Waals surface area contributed by atoms with Crippen LogP contribution in [0.2, 0.25) is 0 Å². The van der Waals surface area contributed by atoms with Gasteiger partial charge in [0.15, 0.2) is 5.65 Å². The van der Waals surface area contributed by atoms with Gasteiger partial charge >= 0.3 is 0 Å². The number of aromatic nitrogens is 3. The minimum absolute atomic E-state index is 0.0693. The summed E-state index contributed by atoms with van der Waals surface area (Å²) >= 11 is 1.61. The van der Waals surface area contributed by atoms with Gasteiger partial charge in [-0.2, -0.15) is 5.10 Å². The molecule has 0 saturated carbocycles. The highest BCUT2D eigenvalue weighted by Crippen LogP contribution is 2.30. The normalized spacial score (nSPS) is 11.1. The largest absolute Gasteiger partial charge is 0.311 e. The summed E-state index contributed by atoms with van der Waals surface area (Å²) in [5, 5.41) is 7.30. The topological polar surface area (TPSA) is 51.0 Å². The van der Waals surface area contributed by atoms with E-state index < -0.39 is 0 Å². The van der Waals surface area contributed by atoms with Gasteiger partial charge in [-0.05, 0) is 43.5 Å². The molecule has 136 valence electrons. The molecule has 0 aliphatic carbocycles. The summed E-state index contributed by atoms with van der Waals surface area (Å²) in [4.78, 5) is 20.9. The van der Waals surface area contributed by atoms with Gasteiger partial charge in [0.05, 0.1) is 27.2 Å². The summed E-state index contributed by atoms with van der Waals surface area (Å²) in [7, 11) is 3.66. The molecule has 0 saturated heterocycles. The first-order chi connectivity index (χ1) is 13.0. The van der Waals surface area contributed by atoms with E-state index >= 15 is 0 Å². The van der Waals surface area contributed by atoms with E-state index in [4.69, 9.17) is 4.98 Å². The Hall–Kier alpha value is -2.99. The summed E-state index contributed by atoms with van der Waals surface area (Å²) in [5.74, 6) is -0.0693. The summed E-state index contributed by atoms with van der Waals surface area (Å²) in [5.41, 5.74) is 4.96. The predicted molar refractivity (Wildman–Crippen MR) is 110 cm³/mol. The molecule has 0 fully saturated rings. The molecule has 5 nitrogen and oxygen atoms in total. The second-order valence-corrected chi connectivity index (χ2v) is 7.59. The number of amides is 1. The van der Waals surface area contributed by atoms with E-state index in [0.29, 0.717) is 5.56 Å². The van der Waals surface area contributed by atoms with Crippen molar-refractivity contribution in [3.05, 3.63) is 64.7 Å². The van der Waals surface area contributed by atoms with Crippen LogP contribution in [0.3, 0.4) is 0 Å². The average Bonchev–Trinajstić information content (AvgIpc) is 3.29. The fourth-order valence-electron chi connectivity index (χ4n) is 3.23. The van der Waals surface area contributed by atoms with Crippen molar-refractivity contribution in [3.8, 4) is 10.6 Å². The Labute approximate surface area is 161 Å². The Morgan fingerprint density at radius 2 is 1.89 bits per heavy atom. The number of fused-ring (bicyclic) bond motifs is 1. The van der Waals surface area contributed by atoms with Crippen molar-refractivity contribution >= 4 is 34.0 Å². The molecule has 0 aliphatic heterocycles. The Morgan fingerprint density at radius 3 is 2.56 bits per heavy atom. The lowest BCUT2D eigenvalue weighted by Gasteiger charge is -2.18. The average molecular weight is 376 g/mol. The van der Waals surface area contributed by atoms with Crippen LogP contribution >= 0.6 is 11.3 Å². The number of anilines is 1. The molecule has 27 heavy (non-hydrogen) atoms. The van der Waals surface area contributed by atoms with Crippen LogP contribution in [-0.2, 0) is 7.05 Å². The maximum absolute atomic E-state index is 13.4. The molecule has 3 aromatic heterocycles. The summed E-state index contributed by atoms with van der Waals surface area (Å²) in [6.07, 6.45) is 0. The fraction of sp³-hybridized carbons (Fsp3) is 0.190. The van der Waals surface area contributed by atoms with E-state index in [-0.39, 0.29) is 5.91 Å². The van der Waals surface area contributed by atoms with Crippen LogP contribution in [0.15, 0.2) is 47.8 Å². The van der Waals surface area contributed by atoms with E-state index in [1.165, 1.54) is 0 Å². The van der Waals surface area contributed by atoms with Crippen LogP contribution in [0.25, 0.3) is 21.6 Å². The van der Waals surface area contributed by atoms with Crippen LogP contribution in [-0.4, -0.2) is 27.7 Å². The predicted octanol–water partition coefficient (Wildman–Crippen LogP) is 4.59. The quantitative estimate of drug-likeness (QED) is 0.525. The molecular weight excluding hydrogens is 356 g/mol. The Balaban J connectivity index is 1.88. The SMILES string of the molecule is Cc1ccc(N(C)C(=O)c2cc(-c3cccs3)nc3c2c(C)nn3C)cc1. The lowest BCUT2D eigenvalue weighted by molar-refractivity contribution is 0.0994. The van der Waals surface area contributed by atoms with E-state index in [0.717, 1.165) is 38.5 Å². The van der Waals surface area contributed by atoms with Gasteiger partial charge in [0.25, 0.3) is 5.91 Å². The van der Waals surface area contributed by atoms with Crippen LogP contribution < -0.4 is 4.90 Å². The van der Waals surface area contributed by atoms with Gasteiger partial charge in [0.2, 0.25) is 0 Å².